The van der Waals surface area contributed by atoms with Crippen LogP contribution in [0.3, 0.4) is 0 Å². The van der Waals surface area contributed by atoms with Gasteiger partial charge in [0.05, 0.1) is 6.61 Å². The van der Waals surface area contributed by atoms with Crippen LogP contribution in [0, 0.1) is 0 Å². The third-order valence-corrected chi connectivity index (χ3v) is 2.65. The molecule has 0 saturated carbocycles. The first kappa shape index (κ1) is 11.8. The van der Waals surface area contributed by atoms with Crippen LogP contribution < -0.4 is 15.2 Å². The van der Waals surface area contributed by atoms with Gasteiger partial charge in [0.2, 0.25) is 0 Å². The highest BCUT2D eigenvalue weighted by atomic mass is 32.1. The number of hydrogen-bond donors (Lipinski definition) is 1. The summed E-state index contributed by atoms with van der Waals surface area (Å²) in [6, 6.07) is 5.60. The molecule has 2 aromatic rings. The third kappa shape index (κ3) is 2.92. The van der Waals surface area contributed by atoms with E-state index in [-0.39, 0.29) is 0 Å². The largest absolute Gasteiger partial charge is 0.490 e. The van der Waals surface area contributed by atoms with E-state index in [9.17, 15) is 0 Å². The summed E-state index contributed by atoms with van der Waals surface area (Å²) in [5.74, 6) is 1.30. The molecule has 6 heteroatoms. The zero-order valence-electron chi connectivity index (χ0n) is 9.42. The van der Waals surface area contributed by atoms with Gasteiger partial charge in [0, 0.05) is 6.54 Å². The van der Waals surface area contributed by atoms with Crippen molar-refractivity contribution in [3.63, 3.8) is 0 Å². The predicted molar refractivity (Wildman–Crippen MR) is 65.5 cm³/mol. The van der Waals surface area contributed by atoms with Gasteiger partial charge in [-0.2, -0.15) is 0 Å². The molecule has 1 aromatic heterocycles. The van der Waals surface area contributed by atoms with E-state index < -0.39 is 0 Å². The molecule has 0 aliphatic heterocycles. The Morgan fingerprint density at radius 3 is 2.88 bits per heavy atom. The first-order valence-corrected chi connectivity index (χ1v) is 6.11. The molecule has 17 heavy (non-hydrogen) atoms. The molecule has 0 aliphatic carbocycles. The molecule has 2 rings (SSSR count). The number of aromatic nitrogens is 2. The lowest BCUT2D eigenvalue weighted by Gasteiger charge is -2.10. The summed E-state index contributed by atoms with van der Waals surface area (Å²) < 4.78 is 11.1. The number of ether oxygens (including phenoxy) is 2. The van der Waals surface area contributed by atoms with Gasteiger partial charge in [0.25, 0.3) is 5.19 Å². The summed E-state index contributed by atoms with van der Waals surface area (Å²) in [4.78, 5) is 0. The normalized spacial score (nSPS) is 10.2. The summed E-state index contributed by atoms with van der Waals surface area (Å²) >= 11 is 1.33. The van der Waals surface area contributed by atoms with Gasteiger partial charge in [-0.3, -0.25) is 0 Å². The number of benzene rings is 1. The number of nitrogens with zero attached hydrogens (tertiary/aromatic N) is 2. The molecule has 0 aliphatic rings. The molecule has 5 nitrogen and oxygen atoms in total. The van der Waals surface area contributed by atoms with Gasteiger partial charge in [0.1, 0.15) is 5.51 Å². The lowest BCUT2D eigenvalue weighted by molar-refractivity contribution is 0.320. The first-order valence-electron chi connectivity index (χ1n) is 5.23. The monoisotopic (exact) mass is 251 g/mol. The maximum absolute atomic E-state index is 5.58. The van der Waals surface area contributed by atoms with Gasteiger partial charge in [-0.05, 0) is 24.6 Å². The topological polar surface area (TPSA) is 70.3 Å². The predicted octanol–water partition coefficient (Wildman–Crippen LogP) is 2.19. The van der Waals surface area contributed by atoms with Gasteiger partial charge < -0.3 is 15.2 Å². The maximum Gasteiger partial charge on any atom is 0.299 e. The van der Waals surface area contributed by atoms with E-state index in [2.05, 4.69) is 10.2 Å². The van der Waals surface area contributed by atoms with Crippen LogP contribution in [0.2, 0.25) is 0 Å². The van der Waals surface area contributed by atoms with Gasteiger partial charge in [-0.1, -0.05) is 22.5 Å². The third-order valence-electron chi connectivity index (χ3n) is 2.08. The summed E-state index contributed by atoms with van der Waals surface area (Å²) in [6.07, 6.45) is 0. The van der Waals surface area contributed by atoms with Gasteiger partial charge in [-0.15, -0.1) is 5.10 Å². The Bertz CT molecular complexity index is 474. The van der Waals surface area contributed by atoms with E-state index in [1.54, 1.807) is 5.51 Å². The van der Waals surface area contributed by atoms with Crippen molar-refractivity contribution in [1.29, 1.82) is 0 Å². The molecule has 0 atom stereocenters. The lowest BCUT2D eigenvalue weighted by Crippen LogP contribution is -2.00. The average molecular weight is 251 g/mol. The zero-order chi connectivity index (χ0) is 12.1. The molecule has 0 fully saturated rings. The average Bonchev–Trinajstić information content (AvgIpc) is 2.84. The van der Waals surface area contributed by atoms with Crippen LogP contribution in [-0.4, -0.2) is 16.8 Å². The standard InChI is InChI=1S/C11H13N3O2S/c1-2-15-10-5-8(6-12)3-4-9(10)16-11-14-13-7-17-11/h3-5,7H,2,6,12H2,1H3. The Hall–Kier alpha value is -1.66. The quantitative estimate of drug-likeness (QED) is 0.882. The molecule has 0 radical (unpaired) electrons. The Labute approximate surface area is 103 Å². The molecule has 0 saturated heterocycles. The summed E-state index contributed by atoms with van der Waals surface area (Å²) in [6.45, 7) is 2.96. The van der Waals surface area contributed by atoms with E-state index in [0.29, 0.717) is 29.8 Å². The van der Waals surface area contributed by atoms with Crippen LogP contribution in [0.5, 0.6) is 16.7 Å². The van der Waals surface area contributed by atoms with Crippen molar-refractivity contribution in [2.45, 2.75) is 13.5 Å². The first-order chi connectivity index (χ1) is 8.33. The van der Waals surface area contributed by atoms with Crippen molar-refractivity contribution >= 4 is 11.3 Å². The minimum absolute atomic E-state index is 0.471. The van der Waals surface area contributed by atoms with E-state index in [1.807, 2.05) is 25.1 Å². The number of nitrogens with two attached hydrogens (primary N) is 1. The zero-order valence-corrected chi connectivity index (χ0v) is 10.2. The smallest absolute Gasteiger partial charge is 0.299 e. The highest BCUT2D eigenvalue weighted by Crippen LogP contribution is 2.32. The molecule has 0 bridgehead atoms. The molecule has 1 heterocycles. The summed E-state index contributed by atoms with van der Waals surface area (Å²) in [5.41, 5.74) is 8.20. The molecule has 1 aromatic carbocycles. The minimum Gasteiger partial charge on any atom is -0.490 e. The Balaban J connectivity index is 2.25. The van der Waals surface area contributed by atoms with Crippen molar-refractivity contribution in [2.75, 3.05) is 6.61 Å². The van der Waals surface area contributed by atoms with Crippen molar-refractivity contribution in [1.82, 2.24) is 10.2 Å². The lowest BCUT2D eigenvalue weighted by atomic mass is 10.2. The fourth-order valence-corrected chi connectivity index (χ4v) is 1.75. The van der Waals surface area contributed by atoms with Crippen molar-refractivity contribution in [3.8, 4) is 16.7 Å². The molecule has 0 unspecified atom stereocenters. The highest BCUT2D eigenvalue weighted by Gasteiger charge is 2.08. The van der Waals surface area contributed by atoms with E-state index in [0.717, 1.165) is 5.56 Å². The molecular weight excluding hydrogens is 238 g/mol. The fourth-order valence-electron chi connectivity index (χ4n) is 1.33. The number of rotatable bonds is 5. The van der Waals surface area contributed by atoms with Crippen LogP contribution >= 0.6 is 11.3 Å². The summed E-state index contributed by atoms with van der Waals surface area (Å²) in [7, 11) is 0. The van der Waals surface area contributed by atoms with Gasteiger partial charge in [-0.25, -0.2) is 0 Å². The molecular formula is C11H13N3O2S. The van der Waals surface area contributed by atoms with Crippen molar-refractivity contribution in [3.05, 3.63) is 29.3 Å². The van der Waals surface area contributed by atoms with E-state index in [1.165, 1.54) is 11.3 Å². The Morgan fingerprint density at radius 2 is 2.24 bits per heavy atom. The maximum atomic E-state index is 5.58. The van der Waals surface area contributed by atoms with Crippen LogP contribution in [0.1, 0.15) is 12.5 Å². The second-order valence-corrected chi connectivity index (χ2v) is 4.02. The number of hydrogen-bond acceptors (Lipinski definition) is 6. The fraction of sp³-hybridized carbons (Fsp3) is 0.273. The SMILES string of the molecule is CCOc1cc(CN)ccc1Oc1nncs1. The highest BCUT2D eigenvalue weighted by molar-refractivity contribution is 7.11. The Kier molecular flexibility index (Phi) is 3.89. The van der Waals surface area contributed by atoms with Crippen LogP contribution in [-0.2, 0) is 6.54 Å². The van der Waals surface area contributed by atoms with Gasteiger partial charge in [0.15, 0.2) is 11.5 Å². The minimum atomic E-state index is 0.471. The van der Waals surface area contributed by atoms with E-state index >= 15 is 0 Å². The van der Waals surface area contributed by atoms with Crippen LogP contribution in [0.15, 0.2) is 23.7 Å². The molecule has 0 spiro atoms. The van der Waals surface area contributed by atoms with E-state index in [4.69, 9.17) is 15.2 Å². The molecule has 0 amide bonds. The second kappa shape index (κ2) is 5.60. The second-order valence-electron chi connectivity index (χ2n) is 3.22. The molecule has 90 valence electrons. The van der Waals surface area contributed by atoms with Gasteiger partial charge >= 0.3 is 0 Å². The van der Waals surface area contributed by atoms with Crippen molar-refractivity contribution in [2.24, 2.45) is 5.73 Å². The van der Waals surface area contributed by atoms with Crippen LogP contribution in [0.4, 0.5) is 0 Å². The van der Waals surface area contributed by atoms with Crippen molar-refractivity contribution < 1.29 is 9.47 Å². The summed E-state index contributed by atoms with van der Waals surface area (Å²) in [5, 5.41) is 8.02. The van der Waals surface area contributed by atoms with Crippen LogP contribution in [0.25, 0.3) is 0 Å². The molecule has 2 N–H and O–H groups in total. The Morgan fingerprint density at radius 1 is 1.35 bits per heavy atom.